The largest absolute Gasteiger partial charge is 0.341 e. The van der Waals surface area contributed by atoms with Crippen LogP contribution in [0.4, 0.5) is 0 Å². The van der Waals surface area contributed by atoms with Gasteiger partial charge in [0.1, 0.15) is 5.82 Å². The molecule has 0 unspecified atom stereocenters. The predicted octanol–water partition coefficient (Wildman–Crippen LogP) is 10.4. The Morgan fingerprint density at radius 2 is 1.35 bits per heavy atom. The minimum atomic E-state index is 0.309. The molecule has 4 heteroatoms. The van der Waals surface area contributed by atoms with Crippen LogP contribution >= 0.6 is 0 Å². The molecule has 0 radical (unpaired) electrons. The number of pyridine rings is 1. The van der Waals surface area contributed by atoms with Crippen LogP contribution in [0.2, 0.25) is 0 Å². The van der Waals surface area contributed by atoms with E-state index in [0.717, 1.165) is 34.7 Å². The van der Waals surface area contributed by atoms with E-state index >= 15 is 0 Å². The third kappa shape index (κ3) is 4.36. The van der Waals surface area contributed by atoms with Crippen LogP contribution in [0.15, 0.2) is 97.2 Å². The van der Waals surface area contributed by atoms with Crippen LogP contribution < -0.4 is 0 Å². The molecule has 0 saturated carbocycles. The monoisotopic (exact) mass is 562 g/mol. The first-order valence-electron chi connectivity index (χ1n) is 15.5. The van der Waals surface area contributed by atoms with Gasteiger partial charge >= 0.3 is 0 Å². The fraction of sp³-hybridized carbons (Fsp3) is 0.231. The average molecular weight is 563 g/mol. The number of hydrogen-bond donors (Lipinski definition) is 0. The Labute approximate surface area is 253 Å². The number of nitrogens with zero attached hydrogens (tertiary/aromatic N) is 4. The van der Waals surface area contributed by atoms with Crippen molar-refractivity contribution in [2.45, 2.75) is 59.9 Å². The van der Waals surface area contributed by atoms with Gasteiger partial charge in [0, 0.05) is 40.1 Å². The van der Waals surface area contributed by atoms with E-state index in [1.165, 1.54) is 49.7 Å². The second-order valence-electron chi connectivity index (χ2n) is 12.2. The van der Waals surface area contributed by atoms with Gasteiger partial charge in [0.25, 0.3) is 0 Å². The molecule has 7 rings (SSSR count). The van der Waals surface area contributed by atoms with Crippen LogP contribution in [-0.4, -0.2) is 19.1 Å². The van der Waals surface area contributed by atoms with Crippen molar-refractivity contribution in [3.8, 4) is 28.2 Å². The highest BCUT2D eigenvalue weighted by atomic mass is 15.1. The molecular formula is C39H38N4. The molecule has 4 nitrogen and oxygen atoms in total. The zero-order valence-corrected chi connectivity index (χ0v) is 25.9. The summed E-state index contributed by atoms with van der Waals surface area (Å²) in [6.07, 6.45) is 1.88. The molecule has 0 aliphatic rings. The molecule has 7 aromatic rings. The molecular weight excluding hydrogens is 524 g/mol. The van der Waals surface area contributed by atoms with Crippen LogP contribution in [0.3, 0.4) is 0 Å². The summed E-state index contributed by atoms with van der Waals surface area (Å²) in [4.78, 5) is 10.1. The van der Waals surface area contributed by atoms with E-state index in [9.17, 15) is 0 Å². The van der Waals surface area contributed by atoms with Crippen molar-refractivity contribution in [3.05, 3.63) is 114 Å². The second kappa shape index (κ2) is 10.5. The smallest absolute Gasteiger partial charge is 0.145 e. The van der Waals surface area contributed by atoms with Gasteiger partial charge in [-0.1, -0.05) is 76.2 Å². The van der Waals surface area contributed by atoms with Crippen LogP contribution in [0.5, 0.6) is 0 Å². The van der Waals surface area contributed by atoms with E-state index in [4.69, 9.17) is 9.97 Å². The molecule has 0 saturated heterocycles. The first kappa shape index (κ1) is 27.2. The van der Waals surface area contributed by atoms with Crippen molar-refractivity contribution in [2.24, 2.45) is 0 Å². The van der Waals surface area contributed by atoms with Crippen LogP contribution in [0.1, 0.15) is 63.3 Å². The summed E-state index contributed by atoms with van der Waals surface area (Å²) < 4.78 is 4.82. The molecule has 0 bridgehead atoms. The van der Waals surface area contributed by atoms with Gasteiger partial charge in [-0.05, 0) is 90.4 Å². The van der Waals surface area contributed by atoms with E-state index in [1.807, 2.05) is 12.3 Å². The lowest BCUT2D eigenvalue weighted by Crippen LogP contribution is -2.10. The van der Waals surface area contributed by atoms with E-state index in [0.29, 0.717) is 11.8 Å². The van der Waals surface area contributed by atoms with E-state index < -0.39 is 0 Å². The summed E-state index contributed by atoms with van der Waals surface area (Å²) >= 11 is 0. The number of aromatic nitrogens is 4. The third-order valence-electron chi connectivity index (χ3n) is 8.84. The molecule has 0 amide bonds. The van der Waals surface area contributed by atoms with Crippen molar-refractivity contribution in [2.75, 3.05) is 0 Å². The molecule has 0 spiro atoms. The minimum Gasteiger partial charge on any atom is -0.341 e. The summed E-state index contributed by atoms with van der Waals surface area (Å²) in [5.41, 5.74) is 13.0. The summed E-state index contributed by atoms with van der Waals surface area (Å²) in [6, 6.07) is 33.1. The maximum atomic E-state index is 5.33. The van der Waals surface area contributed by atoms with Crippen LogP contribution in [-0.2, 0) is 6.54 Å². The van der Waals surface area contributed by atoms with E-state index in [1.54, 1.807) is 0 Å². The lowest BCUT2D eigenvalue weighted by atomic mass is 9.88. The molecule has 0 atom stereocenters. The first-order valence-corrected chi connectivity index (χ1v) is 15.5. The highest BCUT2D eigenvalue weighted by molar-refractivity contribution is 6.09. The Hall–Kier alpha value is -4.70. The Morgan fingerprint density at radius 3 is 2.05 bits per heavy atom. The maximum Gasteiger partial charge on any atom is 0.145 e. The lowest BCUT2D eigenvalue weighted by Gasteiger charge is -2.24. The fourth-order valence-corrected chi connectivity index (χ4v) is 6.74. The van der Waals surface area contributed by atoms with Crippen molar-refractivity contribution >= 4 is 32.8 Å². The topological polar surface area (TPSA) is 35.6 Å². The molecule has 0 N–H and O–H groups in total. The lowest BCUT2D eigenvalue weighted by molar-refractivity contribution is 0.811. The number of imidazole rings is 1. The zero-order chi connectivity index (χ0) is 29.8. The highest BCUT2D eigenvalue weighted by Gasteiger charge is 2.25. The molecule has 0 aliphatic heterocycles. The Balaban J connectivity index is 1.58. The van der Waals surface area contributed by atoms with Gasteiger partial charge in [-0.3, -0.25) is 9.55 Å². The Bertz CT molecular complexity index is 2100. The van der Waals surface area contributed by atoms with Crippen molar-refractivity contribution < 1.29 is 0 Å². The van der Waals surface area contributed by atoms with Gasteiger partial charge in [0.05, 0.1) is 22.4 Å². The molecule has 4 aromatic carbocycles. The number of benzene rings is 4. The maximum absolute atomic E-state index is 5.33. The number of fused-ring (bicyclic) bond motifs is 4. The quantitative estimate of drug-likeness (QED) is 0.202. The van der Waals surface area contributed by atoms with Crippen molar-refractivity contribution in [3.63, 3.8) is 0 Å². The summed E-state index contributed by atoms with van der Waals surface area (Å²) in [5.74, 6) is 1.57. The third-order valence-corrected chi connectivity index (χ3v) is 8.84. The Kier molecular flexibility index (Phi) is 6.65. The molecule has 3 aromatic heterocycles. The van der Waals surface area contributed by atoms with E-state index in [2.05, 4.69) is 136 Å². The number of rotatable bonds is 6. The molecule has 214 valence electrons. The first-order chi connectivity index (χ1) is 20.9. The zero-order valence-electron chi connectivity index (χ0n) is 25.9. The predicted molar refractivity (Wildman–Crippen MR) is 181 cm³/mol. The summed E-state index contributed by atoms with van der Waals surface area (Å²) in [6.45, 7) is 14.4. The summed E-state index contributed by atoms with van der Waals surface area (Å²) in [7, 11) is 0. The molecule has 3 heterocycles. The van der Waals surface area contributed by atoms with Crippen LogP contribution in [0.25, 0.3) is 61.0 Å². The van der Waals surface area contributed by atoms with Gasteiger partial charge in [-0.15, -0.1) is 0 Å². The van der Waals surface area contributed by atoms with E-state index in [-0.39, 0.29) is 0 Å². The standard InChI is InChI=1S/C39H38N4/c1-7-42-35-16-12-11-15-30(35)33-21-28(17-18-36(33)42)39-41-34-19-20-40-26(6)37(34)43(39)38-31(24(2)3)22-29(23-32(38)25(4)5)27-13-9-8-10-14-27/h8-25H,7H2,1-6H3. The van der Waals surface area contributed by atoms with Gasteiger partial charge in [0.2, 0.25) is 0 Å². The van der Waals surface area contributed by atoms with Gasteiger partial charge < -0.3 is 4.57 Å². The summed E-state index contributed by atoms with van der Waals surface area (Å²) in [5, 5.41) is 2.54. The number of para-hydroxylation sites is 1. The molecule has 0 aliphatic carbocycles. The number of hydrogen-bond acceptors (Lipinski definition) is 2. The molecule has 43 heavy (non-hydrogen) atoms. The minimum absolute atomic E-state index is 0.309. The highest BCUT2D eigenvalue weighted by Crippen LogP contribution is 2.41. The normalized spacial score (nSPS) is 12.0. The van der Waals surface area contributed by atoms with Crippen molar-refractivity contribution in [1.82, 2.24) is 19.1 Å². The van der Waals surface area contributed by atoms with Gasteiger partial charge in [-0.2, -0.15) is 0 Å². The Morgan fingerprint density at radius 1 is 0.674 bits per heavy atom. The number of aryl methyl sites for hydroxylation is 2. The van der Waals surface area contributed by atoms with Crippen LogP contribution in [0, 0.1) is 6.92 Å². The second-order valence-corrected chi connectivity index (χ2v) is 12.2. The van der Waals surface area contributed by atoms with Crippen molar-refractivity contribution in [1.29, 1.82) is 0 Å². The molecule has 0 fully saturated rings. The SMILES string of the molecule is CCn1c2ccccc2c2cc(-c3nc4ccnc(C)c4n3-c3c(C(C)C)cc(-c4ccccc4)cc3C(C)C)ccc21. The fourth-order valence-electron chi connectivity index (χ4n) is 6.74. The van der Waals surface area contributed by atoms with Gasteiger partial charge in [-0.25, -0.2) is 4.98 Å². The van der Waals surface area contributed by atoms with Gasteiger partial charge in [0.15, 0.2) is 0 Å². The average Bonchev–Trinajstić information content (AvgIpc) is 3.57.